The van der Waals surface area contributed by atoms with Crippen molar-refractivity contribution < 1.29 is 9.90 Å². The van der Waals surface area contributed by atoms with E-state index in [4.69, 9.17) is 0 Å². The molecule has 0 saturated heterocycles. The number of amides is 1. The van der Waals surface area contributed by atoms with Gasteiger partial charge in [0, 0.05) is 15.6 Å². The molecule has 0 spiro atoms. The van der Waals surface area contributed by atoms with Gasteiger partial charge in [0.2, 0.25) is 0 Å². The van der Waals surface area contributed by atoms with Crippen LogP contribution in [0.15, 0.2) is 88.4 Å². The van der Waals surface area contributed by atoms with Crippen LogP contribution in [-0.2, 0) is 0 Å². The van der Waals surface area contributed by atoms with E-state index < -0.39 is 5.91 Å². The van der Waals surface area contributed by atoms with E-state index in [-0.39, 0.29) is 11.4 Å². The Labute approximate surface area is 181 Å². The summed E-state index contributed by atoms with van der Waals surface area (Å²) in [5.41, 5.74) is 6.99. The van der Waals surface area contributed by atoms with Crippen molar-refractivity contribution >= 4 is 28.1 Å². The highest BCUT2D eigenvalue weighted by atomic mass is 79.9. The Kier molecular flexibility index (Phi) is 5.72. The van der Waals surface area contributed by atoms with Gasteiger partial charge in [-0.25, -0.2) is 5.43 Å². The van der Waals surface area contributed by atoms with Crippen LogP contribution in [0.4, 0.5) is 0 Å². The first-order valence-corrected chi connectivity index (χ1v) is 9.92. The summed E-state index contributed by atoms with van der Waals surface area (Å²) in [5.74, 6) is -0.362. The fourth-order valence-electron chi connectivity index (χ4n) is 2.90. The van der Waals surface area contributed by atoms with Gasteiger partial charge in [0.15, 0.2) is 0 Å². The van der Waals surface area contributed by atoms with Crippen molar-refractivity contribution in [2.24, 2.45) is 5.10 Å². The molecular weight excluding hydrogens is 444 g/mol. The lowest BCUT2D eigenvalue weighted by molar-refractivity contribution is 0.0950. The molecule has 148 valence electrons. The average molecular weight is 461 g/mol. The van der Waals surface area contributed by atoms with Gasteiger partial charge in [-0.05, 0) is 35.4 Å². The van der Waals surface area contributed by atoms with Crippen LogP contribution >= 0.6 is 15.9 Å². The lowest BCUT2D eigenvalue weighted by Crippen LogP contribution is -2.18. The Balaban J connectivity index is 1.44. The minimum atomic E-state index is -0.430. The first kappa shape index (κ1) is 19.6. The Morgan fingerprint density at radius 3 is 2.43 bits per heavy atom. The fraction of sp³-hybridized carbons (Fsp3) is 0. The van der Waals surface area contributed by atoms with E-state index in [1.807, 2.05) is 42.5 Å². The molecule has 0 radical (unpaired) electrons. The van der Waals surface area contributed by atoms with Crippen LogP contribution in [0.25, 0.3) is 22.4 Å². The molecule has 0 aliphatic rings. The molecule has 6 nitrogen and oxygen atoms in total. The van der Waals surface area contributed by atoms with Gasteiger partial charge in [-0.15, -0.1) is 0 Å². The van der Waals surface area contributed by atoms with E-state index in [2.05, 4.69) is 48.8 Å². The third kappa shape index (κ3) is 4.47. The smallest absolute Gasteiger partial charge is 0.289 e. The van der Waals surface area contributed by atoms with Gasteiger partial charge in [-0.3, -0.25) is 9.89 Å². The summed E-state index contributed by atoms with van der Waals surface area (Å²) in [6.45, 7) is 0. The molecule has 0 saturated carbocycles. The minimum Gasteiger partial charge on any atom is -0.507 e. The van der Waals surface area contributed by atoms with Crippen LogP contribution in [-0.4, -0.2) is 27.4 Å². The molecule has 3 N–H and O–H groups in total. The van der Waals surface area contributed by atoms with Gasteiger partial charge in [-0.1, -0.05) is 70.5 Å². The van der Waals surface area contributed by atoms with Crippen LogP contribution in [0.2, 0.25) is 0 Å². The molecular formula is C23H17BrN4O2. The number of aromatic hydroxyl groups is 1. The molecule has 0 atom stereocenters. The van der Waals surface area contributed by atoms with Gasteiger partial charge in [0.1, 0.15) is 11.4 Å². The highest BCUT2D eigenvalue weighted by Gasteiger charge is 2.11. The van der Waals surface area contributed by atoms with E-state index in [1.165, 1.54) is 12.3 Å². The van der Waals surface area contributed by atoms with Gasteiger partial charge in [-0.2, -0.15) is 10.2 Å². The molecule has 0 unspecified atom stereocenters. The number of nitrogens with one attached hydrogen (secondary N) is 2. The van der Waals surface area contributed by atoms with E-state index in [0.717, 1.165) is 21.2 Å². The maximum absolute atomic E-state index is 12.3. The first-order valence-electron chi connectivity index (χ1n) is 9.13. The topological polar surface area (TPSA) is 90.4 Å². The molecule has 1 amide bonds. The van der Waals surface area contributed by atoms with Crippen LogP contribution in [0, 0.1) is 0 Å². The number of aromatic nitrogens is 2. The average Bonchev–Trinajstić information content (AvgIpc) is 3.27. The van der Waals surface area contributed by atoms with Crippen molar-refractivity contribution in [2.45, 2.75) is 0 Å². The summed E-state index contributed by atoms with van der Waals surface area (Å²) in [6, 6.07) is 24.7. The molecule has 4 rings (SSSR count). The van der Waals surface area contributed by atoms with Crippen LogP contribution in [0.5, 0.6) is 5.75 Å². The normalized spacial score (nSPS) is 11.0. The van der Waals surface area contributed by atoms with E-state index >= 15 is 0 Å². The fourth-order valence-corrected chi connectivity index (χ4v) is 3.28. The summed E-state index contributed by atoms with van der Waals surface area (Å²) >= 11 is 3.32. The van der Waals surface area contributed by atoms with Crippen molar-refractivity contribution in [3.63, 3.8) is 0 Å². The number of H-pyrrole nitrogens is 1. The molecule has 7 heteroatoms. The quantitative estimate of drug-likeness (QED) is 0.289. The minimum absolute atomic E-state index is 0.0685. The molecule has 4 aromatic rings. The molecule has 1 aromatic heterocycles. The SMILES string of the molecule is O=C(NN=Cc1cc(Br)ccc1O)c1cc(-c2ccc(-c3ccccc3)cc2)n[nH]1. The number of carbonyl (C=O) groups is 1. The summed E-state index contributed by atoms with van der Waals surface area (Å²) in [5, 5.41) is 20.6. The molecule has 0 bridgehead atoms. The number of benzene rings is 3. The maximum atomic E-state index is 12.3. The number of hydrogen-bond donors (Lipinski definition) is 3. The number of rotatable bonds is 5. The first-order chi connectivity index (χ1) is 14.6. The standard InChI is InChI=1S/C23H17BrN4O2/c24-19-10-11-22(29)18(12-19)14-25-28-23(30)21-13-20(26-27-21)17-8-6-16(7-9-17)15-4-2-1-3-5-15/h1-14,29H,(H,26,27)(H,28,30). The van der Waals surface area contributed by atoms with Crippen molar-refractivity contribution in [2.75, 3.05) is 0 Å². The predicted molar refractivity (Wildman–Crippen MR) is 120 cm³/mol. The van der Waals surface area contributed by atoms with Crippen molar-refractivity contribution in [1.82, 2.24) is 15.6 Å². The van der Waals surface area contributed by atoms with Gasteiger partial charge >= 0.3 is 0 Å². The lowest BCUT2D eigenvalue weighted by atomic mass is 10.0. The zero-order valence-corrected chi connectivity index (χ0v) is 17.3. The molecule has 0 aliphatic carbocycles. The van der Waals surface area contributed by atoms with Crippen LogP contribution < -0.4 is 5.43 Å². The second kappa shape index (κ2) is 8.75. The highest BCUT2D eigenvalue weighted by molar-refractivity contribution is 9.10. The number of hydrogen-bond acceptors (Lipinski definition) is 4. The number of halogens is 1. The third-order valence-electron chi connectivity index (χ3n) is 4.47. The molecule has 30 heavy (non-hydrogen) atoms. The summed E-state index contributed by atoms with van der Waals surface area (Å²) in [7, 11) is 0. The third-order valence-corrected chi connectivity index (χ3v) is 4.96. The highest BCUT2D eigenvalue weighted by Crippen LogP contribution is 2.24. The summed E-state index contributed by atoms with van der Waals surface area (Å²) < 4.78 is 0.796. The summed E-state index contributed by atoms with van der Waals surface area (Å²) in [4.78, 5) is 12.3. The lowest BCUT2D eigenvalue weighted by Gasteiger charge is -2.02. The Hall–Kier alpha value is -3.71. The van der Waals surface area contributed by atoms with E-state index in [1.54, 1.807) is 18.2 Å². The Bertz CT molecular complexity index is 1200. The number of aromatic amines is 1. The second-order valence-corrected chi connectivity index (χ2v) is 7.43. The Morgan fingerprint density at radius 1 is 0.967 bits per heavy atom. The van der Waals surface area contributed by atoms with Crippen molar-refractivity contribution in [1.29, 1.82) is 0 Å². The predicted octanol–water partition coefficient (Wildman–Crippen LogP) is 4.98. The van der Waals surface area contributed by atoms with E-state index in [9.17, 15) is 9.90 Å². The largest absolute Gasteiger partial charge is 0.507 e. The number of phenolic OH excluding ortho intramolecular Hbond substituents is 1. The number of phenols is 1. The van der Waals surface area contributed by atoms with Gasteiger partial charge in [0.05, 0.1) is 11.9 Å². The Morgan fingerprint density at radius 2 is 1.67 bits per heavy atom. The summed E-state index contributed by atoms with van der Waals surface area (Å²) in [6.07, 6.45) is 1.37. The maximum Gasteiger partial charge on any atom is 0.289 e. The van der Waals surface area contributed by atoms with Crippen LogP contribution in [0.3, 0.4) is 0 Å². The van der Waals surface area contributed by atoms with E-state index in [0.29, 0.717) is 11.3 Å². The second-order valence-electron chi connectivity index (χ2n) is 6.51. The van der Waals surface area contributed by atoms with Crippen molar-refractivity contribution in [3.05, 3.63) is 94.6 Å². The molecule has 0 fully saturated rings. The monoisotopic (exact) mass is 460 g/mol. The number of nitrogens with zero attached hydrogens (tertiary/aromatic N) is 2. The molecule has 0 aliphatic heterocycles. The molecule has 1 heterocycles. The van der Waals surface area contributed by atoms with Gasteiger partial charge < -0.3 is 5.11 Å². The zero-order valence-electron chi connectivity index (χ0n) is 15.7. The van der Waals surface area contributed by atoms with Gasteiger partial charge in [0.25, 0.3) is 5.91 Å². The molecule has 3 aromatic carbocycles. The number of hydrazone groups is 1. The number of carbonyl (C=O) groups excluding carboxylic acids is 1. The van der Waals surface area contributed by atoms with Crippen molar-refractivity contribution in [3.8, 4) is 28.1 Å². The zero-order chi connectivity index (χ0) is 20.9. The van der Waals surface area contributed by atoms with Crippen LogP contribution in [0.1, 0.15) is 16.1 Å².